The summed E-state index contributed by atoms with van der Waals surface area (Å²) in [5.41, 5.74) is 5.92. The molecule has 0 radical (unpaired) electrons. The molecule has 0 saturated heterocycles. The summed E-state index contributed by atoms with van der Waals surface area (Å²) in [5, 5.41) is 4.57. The van der Waals surface area contributed by atoms with E-state index >= 15 is 0 Å². The summed E-state index contributed by atoms with van der Waals surface area (Å²) in [6, 6.07) is 18.1. The first kappa shape index (κ1) is 15.6. The highest BCUT2D eigenvalue weighted by Gasteiger charge is 2.25. The van der Waals surface area contributed by atoms with Crippen molar-refractivity contribution in [2.75, 3.05) is 11.4 Å². The van der Waals surface area contributed by atoms with Crippen molar-refractivity contribution in [2.45, 2.75) is 26.7 Å². The molecule has 0 unspecified atom stereocenters. The van der Waals surface area contributed by atoms with E-state index in [0.29, 0.717) is 5.69 Å². The summed E-state index contributed by atoms with van der Waals surface area (Å²) < 4.78 is 1.83. The van der Waals surface area contributed by atoms with Crippen LogP contribution in [-0.2, 0) is 6.42 Å². The zero-order valence-corrected chi connectivity index (χ0v) is 14.6. The monoisotopic (exact) mass is 331 g/mol. The Morgan fingerprint density at radius 2 is 1.84 bits per heavy atom. The minimum atomic E-state index is -0.0254. The SMILES string of the molecule is Cc1ccc2c(c1)CCCN2C(=O)c1cc(C)n(-c2ccccc2)n1. The maximum Gasteiger partial charge on any atom is 0.278 e. The summed E-state index contributed by atoms with van der Waals surface area (Å²) >= 11 is 0. The Kier molecular flexibility index (Phi) is 3.88. The Morgan fingerprint density at radius 1 is 1.04 bits per heavy atom. The third kappa shape index (κ3) is 2.84. The Morgan fingerprint density at radius 3 is 2.64 bits per heavy atom. The smallest absolute Gasteiger partial charge is 0.278 e. The number of anilines is 1. The van der Waals surface area contributed by atoms with Crippen LogP contribution in [0.3, 0.4) is 0 Å². The fourth-order valence-electron chi connectivity index (χ4n) is 3.48. The molecule has 4 rings (SSSR count). The lowest BCUT2D eigenvalue weighted by atomic mass is 9.99. The van der Waals surface area contributed by atoms with E-state index in [0.717, 1.165) is 36.5 Å². The number of carbonyl (C=O) groups is 1. The van der Waals surface area contributed by atoms with Crippen LogP contribution in [-0.4, -0.2) is 22.2 Å². The Balaban J connectivity index is 1.69. The van der Waals surface area contributed by atoms with E-state index in [-0.39, 0.29) is 5.91 Å². The van der Waals surface area contributed by atoms with Crippen molar-refractivity contribution in [1.29, 1.82) is 0 Å². The molecule has 25 heavy (non-hydrogen) atoms. The number of nitrogens with zero attached hydrogens (tertiary/aromatic N) is 3. The number of amides is 1. The van der Waals surface area contributed by atoms with Gasteiger partial charge in [-0.25, -0.2) is 4.68 Å². The van der Waals surface area contributed by atoms with Gasteiger partial charge in [0.25, 0.3) is 5.91 Å². The van der Waals surface area contributed by atoms with Gasteiger partial charge in [-0.2, -0.15) is 5.10 Å². The Bertz CT molecular complexity index is 928. The molecular weight excluding hydrogens is 310 g/mol. The van der Waals surface area contributed by atoms with Crippen molar-refractivity contribution in [1.82, 2.24) is 9.78 Å². The molecule has 0 N–H and O–H groups in total. The molecule has 0 aliphatic carbocycles. The molecule has 0 spiro atoms. The van der Waals surface area contributed by atoms with Gasteiger partial charge in [0.15, 0.2) is 5.69 Å². The minimum absolute atomic E-state index is 0.0254. The van der Waals surface area contributed by atoms with E-state index in [2.05, 4.69) is 30.2 Å². The molecule has 1 aliphatic heterocycles. The number of hydrogen-bond acceptors (Lipinski definition) is 2. The first-order valence-corrected chi connectivity index (χ1v) is 8.67. The molecule has 0 bridgehead atoms. The summed E-state index contributed by atoms with van der Waals surface area (Å²) in [4.78, 5) is 15.0. The first-order chi connectivity index (χ1) is 12.1. The highest BCUT2D eigenvalue weighted by atomic mass is 16.2. The molecule has 0 atom stereocenters. The number of fused-ring (bicyclic) bond motifs is 1. The van der Waals surface area contributed by atoms with Gasteiger partial charge in [0.2, 0.25) is 0 Å². The van der Waals surface area contributed by atoms with Gasteiger partial charge in [0, 0.05) is 17.9 Å². The van der Waals surface area contributed by atoms with E-state index in [1.807, 2.05) is 52.9 Å². The van der Waals surface area contributed by atoms with E-state index in [1.54, 1.807) is 0 Å². The van der Waals surface area contributed by atoms with Gasteiger partial charge in [-0.05, 0) is 56.5 Å². The van der Waals surface area contributed by atoms with Crippen molar-refractivity contribution >= 4 is 11.6 Å². The highest BCUT2D eigenvalue weighted by Crippen LogP contribution is 2.29. The van der Waals surface area contributed by atoms with Crippen molar-refractivity contribution in [2.24, 2.45) is 0 Å². The van der Waals surface area contributed by atoms with Crippen LogP contribution in [0, 0.1) is 13.8 Å². The number of aromatic nitrogens is 2. The summed E-state index contributed by atoms with van der Waals surface area (Å²) in [5.74, 6) is -0.0254. The maximum absolute atomic E-state index is 13.1. The standard InChI is InChI=1S/C21H21N3O/c1-15-10-11-20-17(13-15)7-6-12-23(20)21(25)19-14-16(2)24(22-19)18-8-4-3-5-9-18/h3-5,8-11,13-14H,6-7,12H2,1-2H3. The molecule has 1 aromatic heterocycles. The first-order valence-electron chi connectivity index (χ1n) is 8.67. The summed E-state index contributed by atoms with van der Waals surface area (Å²) in [6.45, 7) is 4.81. The van der Waals surface area contributed by atoms with Crippen LogP contribution in [0.25, 0.3) is 5.69 Å². The molecule has 1 amide bonds. The van der Waals surface area contributed by atoms with Crippen molar-refractivity contribution in [3.63, 3.8) is 0 Å². The van der Waals surface area contributed by atoms with E-state index in [4.69, 9.17) is 0 Å². The summed E-state index contributed by atoms with van der Waals surface area (Å²) in [7, 11) is 0. The lowest BCUT2D eigenvalue weighted by molar-refractivity contribution is 0.0980. The molecule has 0 fully saturated rings. The van der Waals surface area contributed by atoms with Gasteiger partial charge in [-0.15, -0.1) is 0 Å². The van der Waals surface area contributed by atoms with E-state index < -0.39 is 0 Å². The normalized spacial score (nSPS) is 13.6. The lowest BCUT2D eigenvalue weighted by Crippen LogP contribution is -2.35. The quantitative estimate of drug-likeness (QED) is 0.709. The van der Waals surface area contributed by atoms with Gasteiger partial charge < -0.3 is 4.90 Å². The fraction of sp³-hybridized carbons (Fsp3) is 0.238. The maximum atomic E-state index is 13.1. The van der Waals surface area contributed by atoms with Crippen molar-refractivity contribution in [3.05, 3.63) is 77.1 Å². The second-order valence-corrected chi connectivity index (χ2v) is 6.61. The highest BCUT2D eigenvalue weighted by molar-refractivity contribution is 6.05. The molecule has 0 saturated carbocycles. The number of hydrogen-bond donors (Lipinski definition) is 0. The topological polar surface area (TPSA) is 38.1 Å². The number of para-hydroxylation sites is 1. The van der Waals surface area contributed by atoms with E-state index in [9.17, 15) is 4.79 Å². The Labute approximate surface area is 147 Å². The van der Waals surface area contributed by atoms with Crippen LogP contribution in [0.2, 0.25) is 0 Å². The fourth-order valence-corrected chi connectivity index (χ4v) is 3.48. The van der Waals surface area contributed by atoms with Crippen LogP contribution in [0.5, 0.6) is 0 Å². The number of aryl methyl sites for hydroxylation is 3. The molecule has 2 aromatic carbocycles. The number of benzene rings is 2. The molecule has 4 nitrogen and oxygen atoms in total. The molecular formula is C21H21N3O. The molecule has 1 aliphatic rings. The molecule has 126 valence electrons. The van der Waals surface area contributed by atoms with Gasteiger partial charge >= 0.3 is 0 Å². The zero-order chi connectivity index (χ0) is 17.4. The number of rotatable bonds is 2. The van der Waals surface area contributed by atoms with Crippen molar-refractivity contribution < 1.29 is 4.79 Å². The van der Waals surface area contributed by atoms with Gasteiger partial charge in [-0.3, -0.25) is 4.79 Å². The predicted octanol–water partition coefficient (Wildman–Crippen LogP) is 4.08. The molecule has 4 heteroatoms. The van der Waals surface area contributed by atoms with Crippen molar-refractivity contribution in [3.8, 4) is 5.69 Å². The van der Waals surface area contributed by atoms with Gasteiger partial charge in [0.1, 0.15) is 0 Å². The van der Waals surface area contributed by atoms with Crippen LogP contribution in [0.15, 0.2) is 54.6 Å². The predicted molar refractivity (Wildman–Crippen MR) is 99.5 cm³/mol. The Hall–Kier alpha value is -2.88. The number of carbonyl (C=O) groups excluding carboxylic acids is 1. The van der Waals surface area contributed by atoms with Crippen LogP contribution >= 0.6 is 0 Å². The van der Waals surface area contributed by atoms with Crippen LogP contribution < -0.4 is 4.90 Å². The summed E-state index contributed by atoms with van der Waals surface area (Å²) in [6.07, 6.45) is 2.01. The third-order valence-electron chi connectivity index (χ3n) is 4.71. The largest absolute Gasteiger partial charge is 0.307 e. The van der Waals surface area contributed by atoms with Gasteiger partial charge in [-0.1, -0.05) is 35.9 Å². The minimum Gasteiger partial charge on any atom is -0.307 e. The van der Waals surface area contributed by atoms with E-state index in [1.165, 1.54) is 11.1 Å². The second-order valence-electron chi connectivity index (χ2n) is 6.61. The zero-order valence-electron chi connectivity index (χ0n) is 14.6. The van der Waals surface area contributed by atoms with Crippen LogP contribution in [0.1, 0.15) is 33.7 Å². The molecule has 2 heterocycles. The average Bonchev–Trinajstić information content (AvgIpc) is 3.03. The third-order valence-corrected chi connectivity index (χ3v) is 4.71. The molecule has 3 aromatic rings. The average molecular weight is 331 g/mol. The lowest BCUT2D eigenvalue weighted by Gasteiger charge is -2.29. The second kappa shape index (κ2) is 6.20. The van der Waals surface area contributed by atoms with Crippen LogP contribution in [0.4, 0.5) is 5.69 Å². The van der Waals surface area contributed by atoms with Gasteiger partial charge in [0.05, 0.1) is 5.69 Å².